The van der Waals surface area contributed by atoms with Crippen LogP contribution in [0.3, 0.4) is 0 Å². The predicted octanol–water partition coefficient (Wildman–Crippen LogP) is 5.10. The van der Waals surface area contributed by atoms with Crippen LogP contribution >= 0.6 is 0 Å². The minimum Gasteiger partial charge on any atom is -0.449 e. The number of azide groups is 1. The van der Waals surface area contributed by atoms with E-state index in [1.54, 1.807) is 30.3 Å². The second kappa shape index (κ2) is 8.51. The molecule has 3 aromatic carbocycles. The zero-order valence-electron chi connectivity index (χ0n) is 15.9. The van der Waals surface area contributed by atoms with Gasteiger partial charge >= 0.3 is 6.09 Å². The SMILES string of the molecule is [N-]=[N+]=NC(=O)[C@H](NC(=O)OCC1c2ccccc2-c2ccccc21)c1ccccc1. The molecular formula is C23H18N4O3. The van der Waals surface area contributed by atoms with E-state index in [1.807, 2.05) is 36.4 Å². The van der Waals surface area contributed by atoms with Gasteiger partial charge in [0.2, 0.25) is 5.91 Å². The molecule has 30 heavy (non-hydrogen) atoms. The number of hydrogen-bond acceptors (Lipinski definition) is 3. The molecular weight excluding hydrogens is 380 g/mol. The fourth-order valence-electron chi connectivity index (χ4n) is 3.79. The molecule has 1 N–H and O–H groups in total. The van der Waals surface area contributed by atoms with Gasteiger partial charge in [0.1, 0.15) is 12.6 Å². The van der Waals surface area contributed by atoms with Crippen molar-refractivity contribution in [1.82, 2.24) is 5.32 Å². The first-order valence-corrected chi connectivity index (χ1v) is 9.44. The van der Waals surface area contributed by atoms with Gasteiger partial charge in [-0.25, -0.2) is 4.79 Å². The van der Waals surface area contributed by atoms with Crippen molar-refractivity contribution in [3.8, 4) is 11.1 Å². The summed E-state index contributed by atoms with van der Waals surface area (Å²) >= 11 is 0. The van der Waals surface area contributed by atoms with Crippen molar-refractivity contribution in [2.45, 2.75) is 12.0 Å². The van der Waals surface area contributed by atoms with Crippen LogP contribution in [0.4, 0.5) is 4.79 Å². The first kappa shape index (κ1) is 19.2. The Morgan fingerprint density at radius 2 is 1.50 bits per heavy atom. The number of fused-ring (bicyclic) bond motifs is 3. The molecule has 0 spiro atoms. The number of hydrogen-bond donors (Lipinski definition) is 1. The van der Waals surface area contributed by atoms with Crippen molar-refractivity contribution in [1.29, 1.82) is 0 Å². The largest absolute Gasteiger partial charge is 0.449 e. The normalized spacial score (nSPS) is 12.8. The van der Waals surface area contributed by atoms with Crippen LogP contribution in [0.25, 0.3) is 21.6 Å². The van der Waals surface area contributed by atoms with Gasteiger partial charge in [-0.2, -0.15) is 0 Å². The average molecular weight is 398 g/mol. The average Bonchev–Trinajstić information content (AvgIpc) is 3.10. The Balaban J connectivity index is 1.50. The van der Waals surface area contributed by atoms with Gasteiger partial charge in [-0.1, -0.05) is 78.9 Å². The van der Waals surface area contributed by atoms with Gasteiger partial charge in [0.15, 0.2) is 0 Å². The van der Waals surface area contributed by atoms with E-state index in [9.17, 15) is 9.59 Å². The summed E-state index contributed by atoms with van der Waals surface area (Å²) in [6.07, 6.45) is -0.757. The van der Waals surface area contributed by atoms with Crippen molar-refractivity contribution in [2.75, 3.05) is 6.61 Å². The maximum Gasteiger partial charge on any atom is 0.408 e. The lowest BCUT2D eigenvalue weighted by atomic mass is 9.98. The van der Waals surface area contributed by atoms with Gasteiger partial charge in [0, 0.05) is 10.8 Å². The van der Waals surface area contributed by atoms with Crippen molar-refractivity contribution in [2.24, 2.45) is 5.11 Å². The van der Waals surface area contributed by atoms with Gasteiger partial charge < -0.3 is 10.1 Å². The highest BCUT2D eigenvalue weighted by Crippen LogP contribution is 2.44. The molecule has 3 aromatic rings. The Morgan fingerprint density at radius 3 is 2.10 bits per heavy atom. The van der Waals surface area contributed by atoms with E-state index in [0.717, 1.165) is 22.3 Å². The number of rotatable bonds is 5. The maximum absolute atomic E-state index is 12.5. The Bertz CT molecular complexity index is 1090. The molecule has 0 saturated carbocycles. The number of nitrogens with zero attached hydrogens (tertiary/aromatic N) is 3. The van der Waals surface area contributed by atoms with E-state index in [1.165, 1.54) is 0 Å². The molecule has 1 aliphatic rings. The number of benzene rings is 3. The summed E-state index contributed by atoms with van der Waals surface area (Å²) in [5.74, 6) is -0.900. The Hall–Kier alpha value is -4.09. The number of nitrogens with one attached hydrogen (secondary N) is 1. The Morgan fingerprint density at radius 1 is 0.933 bits per heavy atom. The van der Waals surface area contributed by atoms with E-state index in [4.69, 9.17) is 10.3 Å². The number of amides is 2. The zero-order valence-corrected chi connectivity index (χ0v) is 15.9. The van der Waals surface area contributed by atoms with Gasteiger partial charge in [0.25, 0.3) is 0 Å². The third-order valence-electron chi connectivity index (χ3n) is 5.13. The highest BCUT2D eigenvalue weighted by Gasteiger charge is 2.29. The standard InChI is InChI=1S/C23H18N4O3/c24-27-26-22(28)21(15-8-2-1-3-9-15)25-23(29)30-14-20-18-12-6-4-10-16(18)17-11-5-7-13-19(17)20/h1-13,20-21H,14H2,(H,25,29)/t21-/m1/s1. The molecule has 0 aromatic heterocycles. The molecule has 2 amide bonds. The molecule has 4 rings (SSSR count). The van der Waals surface area contributed by atoms with E-state index < -0.39 is 18.0 Å². The highest BCUT2D eigenvalue weighted by molar-refractivity contribution is 5.87. The molecule has 0 radical (unpaired) electrons. The van der Waals surface area contributed by atoms with E-state index in [2.05, 4.69) is 27.5 Å². The first-order valence-electron chi connectivity index (χ1n) is 9.44. The zero-order chi connectivity index (χ0) is 20.9. The number of carbonyl (C=O) groups is 2. The monoisotopic (exact) mass is 398 g/mol. The lowest BCUT2D eigenvalue weighted by molar-refractivity contribution is -0.120. The quantitative estimate of drug-likeness (QED) is 0.367. The number of carbonyl (C=O) groups excluding carboxylic acids is 2. The van der Waals surface area contributed by atoms with Crippen LogP contribution in [0, 0.1) is 0 Å². The Labute approximate surface area is 172 Å². The minimum atomic E-state index is -1.11. The van der Waals surface area contributed by atoms with Gasteiger partial charge in [-0.3, -0.25) is 4.79 Å². The molecule has 7 heteroatoms. The minimum absolute atomic E-state index is 0.0915. The van der Waals surface area contributed by atoms with E-state index in [0.29, 0.717) is 5.56 Å². The molecule has 0 bridgehead atoms. The summed E-state index contributed by atoms with van der Waals surface area (Å²) in [5.41, 5.74) is 13.5. The van der Waals surface area contributed by atoms with Crippen LogP contribution < -0.4 is 5.32 Å². The summed E-state index contributed by atoms with van der Waals surface area (Å²) in [6, 6.07) is 23.5. The Kier molecular flexibility index (Phi) is 5.46. The van der Waals surface area contributed by atoms with Gasteiger partial charge in [0.05, 0.1) is 0 Å². The van der Waals surface area contributed by atoms with E-state index >= 15 is 0 Å². The molecule has 1 atom stereocenters. The molecule has 0 fully saturated rings. The van der Waals surface area contributed by atoms with Crippen molar-refractivity contribution in [3.05, 3.63) is 106 Å². The van der Waals surface area contributed by atoms with Crippen molar-refractivity contribution in [3.63, 3.8) is 0 Å². The third kappa shape index (κ3) is 3.74. The first-order chi connectivity index (χ1) is 14.7. The van der Waals surface area contributed by atoms with Crippen LogP contribution in [-0.4, -0.2) is 18.6 Å². The van der Waals surface area contributed by atoms with Crippen LogP contribution in [0.15, 0.2) is 84.0 Å². The van der Waals surface area contributed by atoms with Gasteiger partial charge in [-0.15, -0.1) is 0 Å². The number of ether oxygens (including phenoxy) is 1. The molecule has 0 unspecified atom stereocenters. The molecule has 0 saturated heterocycles. The fourth-order valence-corrected chi connectivity index (χ4v) is 3.79. The summed E-state index contributed by atoms with van der Waals surface area (Å²) in [7, 11) is 0. The molecule has 0 heterocycles. The smallest absolute Gasteiger partial charge is 0.408 e. The fraction of sp³-hybridized carbons (Fsp3) is 0.130. The summed E-state index contributed by atoms with van der Waals surface area (Å²) in [5, 5.41) is 5.64. The second-order valence-corrected chi connectivity index (χ2v) is 6.84. The van der Waals surface area contributed by atoms with Crippen LogP contribution in [0.5, 0.6) is 0 Å². The number of alkyl carbamates (subject to hydrolysis) is 1. The summed E-state index contributed by atoms with van der Waals surface area (Å²) in [4.78, 5) is 27.2. The lowest BCUT2D eigenvalue weighted by Crippen LogP contribution is -2.34. The second-order valence-electron chi connectivity index (χ2n) is 6.84. The predicted molar refractivity (Wildman–Crippen MR) is 112 cm³/mol. The molecule has 7 nitrogen and oxygen atoms in total. The van der Waals surface area contributed by atoms with E-state index in [-0.39, 0.29) is 12.5 Å². The topological polar surface area (TPSA) is 104 Å². The van der Waals surface area contributed by atoms with Crippen LogP contribution in [0.2, 0.25) is 0 Å². The highest BCUT2D eigenvalue weighted by atomic mass is 16.5. The summed E-state index contributed by atoms with van der Waals surface area (Å²) < 4.78 is 5.48. The van der Waals surface area contributed by atoms with Crippen molar-refractivity contribution < 1.29 is 14.3 Å². The lowest BCUT2D eigenvalue weighted by Gasteiger charge is -2.18. The summed E-state index contributed by atoms with van der Waals surface area (Å²) in [6.45, 7) is 0.122. The molecule has 148 valence electrons. The van der Waals surface area contributed by atoms with Gasteiger partial charge in [-0.05, 0) is 38.5 Å². The third-order valence-corrected chi connectivity index (χ3v) is 5.13. The van der Waals surface area contributed by atoms with Crippen LogP contribution in [-0.2, 0) is 9.53 Å². The molecule has 1 aliphatic carbocycles. The van der Waals surface area contributed by atoms with Crippen LogP contribution in [0.1, 0.15) is 28.7 Å². The van der Waals surface area contributed by atoms with Crippen molar-refractivity contribution >= 4 is 12.0 Å². The maximum atomic E-state index is 12.5. The molecule has 0 aliphatic heterocycles.